The number of halogens is 3. The molecule has 1 saturated heterocycles. The van der Waals surface area contributed by atoms with Crippen LogP contribution in [0.1, 0.15) is 47.5 Å². The van der Waals surface area contributed by atoms with E-state index in [0.717, 1.165) is 4.90 Å². The Morgan fingerprint density at radius 1 is 1.24 bits per heavy atom. The third-order valence-electron chi connectivity index (χ3n) is 3.86. The van der Waals surface area contributed by atoms with E-state index < -0.39 is 48.0 Å². The van der Waals surface area contributed by atoms with E-state index in [1.54, 1.807) is 34.6 Å². The number of amides is 2. The van der Waals surface area contributed by atoms with Crippen LogP contribution < -0.4 is 5.32 Å². The van der Waals surface area contributed by atoms with Crippen LogP contribution in [-0.4, -0.2) is 41.0 Å². The molecule has 1 rings (SSSR count). The van der Waals surface area contributed by atoms with Gasteiger partial charge in [0.05, 0.1) is 6.42 Å². The highest BCUT2D eigenvalue weighted by Gasteiger charge is 2.51. The summed E-state index contributed by atoms with van der Waals surface area (Å²) in [5.74, 6) is -0.845. The fourth-order valence-corrected chi connectivity index (χ4v) is 2.55. The van der Waals surface area contributed by atoms with Crippen molar-refractivity contribution in [1.82, 2.24) is 10.2 Å². The summed E-state index contributed by atoms with van der Waals surface area (Å²) in [6.45, 7) is 7.98. The average molecular weight is 308 g/mol. The van der Waals surface area contributed by atoms with Gasteiger partial charge in [0, 0.05) is 6.54 Å². The number of hydrogen-bond donors (Lipinski definition) is 1. The molecule has 1 aliphatic rings. The van der Waals surface area contributed by atoms with Crippen molar-refractivity contribution < 1.29 is 22.8 Å². The Balaban J connectivity index is 3.13. The summed E-state index contributed by atoms with van der Waals surface area (Å²) in [6.07, 6.45) is -5.14. The van der Waals surface area contributed by atoms with E-state index in [2.05, 4.69) is 5.32 Å². The van der Waals surface area contributed by atoms with Gasteiger partial charge >= 0.3 is 6.18 Å². The monoisotopic (exact) mass is 308 g/mol. The molecule has 0 bridgehead atoms. The summed E-state index contributed by atoms with van der Waals surface area (Å²) >= 11 is 0. The maximum absolute atomic E-state index is 12.5. The number of rotatable bonds is 3. The summed E-state index contributed by atoms with van der Waals surface area (Å²) in [4.78, 5) is 25.9. The minimum Gasteiger partial charge on any atom is -0.340 e. The van der Waals surface area contributed by atoms with Gasteiger partial charge in [-0.25, -0.2) is 0 Å². The highest BCUT2D eigenvalue weighted by atomic mass is 19.4. The molecule has 122 valence electrons. The Hall–Kier alpha value is -1.27. The normalized spacial score (nSPS) is 27.8. The first-order valence-corrected chi connectivity index (χ1v) is 7.01. The molecule has 0 aromatic heterocycles. The summed E-state index contributed by atoms with van der Waals surface area (Å²) in [5, 5.41) is 2.66. The number of hydrogen-bond acceptors (Lipinski definition) is 2. The van der Waals surface area contributed by atoms with Crippen molar-refractivity contribution in [2.75, 3.05) is 6.54 Å². The standard InChI is InChI=1S/C14H23F3N2O2/c1-6-13(5)11(21)19(8-7-14(15,16)17)9(10(20)18-13)12(2,3)4/h9H,6-8H2,1-5H3,(H,18,20). The largest absolute Gasteiger partial charge is 0.390 e. The predicted molar refractivity (Wildman–Crippen MR) is 72.5 cm³/mol. The number of carbonyl (C=O) groups is 2. The van der Waals surface area contributed by atoms with Crippen LogP contribution in [0, 0.1) is 5.41 Å². The average Bonchev–Trinajstić information content (AvgIpc) is 2.28. The van der Waals surface area contributed by atoms with Gasteiger partial charge in [0.1, 0.15) is 11.6 Å². The van der Waals surface area contributed by atoms with Gasteiger partial charge < -0.3 is 10.2 Å². The van der Waals surface area contributed by atoms with Gasteiger partial charge in [0.25, 0.3) is 0 Å². The molecule has 1 aliphatic heterocycles. The lowest BCUT2D eigenvalue weighted by molar-refractivity contribution is -0.166. The molecule has 0 aromatic rings. The number of carbonyl (C=O) groups excluding carboxylic acids is 2. The van der Waals surface area contributed by atoms with E-state index in [1.165, 1.54) is 0 Å². The lowest BCUT2D eigenvalue weighted by Crippen LogP contribution is -2.71. The first-order valence-electron chi connectivity index (χ1n) is 7.01. The van der Waals surface area contributed by atoms with Crippen LogP contribution in [0.15, 0.2) is 0 Å². The highest BCUT2D eigenvalue weighted by molar-refractivity contribution is 5.99. The van der Waals surface area contributed by atoms with Gasteiger partial charge in [0.2, 0.25) is 11.8 Å². The van der Waals surface area contributed by atoms with Crippen LogP contribution in [0.5, 0.6) is 0 Å². The van der Waals surface area contributed by atoms with E-state index in [9.17, 15) is 22.8 Å². The number of nitrogens with zero attached hydrogens (tertiary/aromatic N) is 1. The van der Waals surface area contributed by atoms with E-state index in [4.69, 9.17) is 0 Å². The van der Waals surface area contributed by atoms with E-state index in [0.29, 0.717) is 6.42 Å². The van der Waals surface area contributed by atoms with Gasteiger partial charge in [-0.2, -0.15) is 13.2 Å². The minimum atomic E-state index is -4.36. The second-order valence-electron chi connectivity index (χ2n) is 6.81. The molecule has 2 amide bonds. The SMILES string of the molecule is CCC1(C)NC(=O)C(C(C)(C)C)N(CCC(F)(F)F)C1=O. The maximum atomic E-state index is 12.5. The molecule has 1 N–H and O–H groups in total. The molecule has 0 saturated carbocycles. The van der Waals surface area contributed by atoms with Crippen molar-refractivity contribution in [2.24, 2.45) is 5.41 Å². The van der Waals surface area contributed by atoms with E-state index in [1.807, 2.05) is 0 Å². The molecule has 0 spiro atoms. The zero-order chi connectivity index (χ0) is 16.6. The molecular formula is C14H23F3N2O2. The molecule has 1 fully saturated rings. The van der Waals surface area contributed by atoms with Crippen molar-refractivity contribution >= 4 is 11.8 Å². The number of nitrogens with one attached hydrogen (secondary N) is 1. The fourth-order valence-electron chi connectivity index (χ4n) is 2.55. The van der Waals surface area contributed by atoms with Crippen LogP contribution in [0.3, 0.4) is 0 Å². The lowest BCUT2D eigenvalue weighted by Gasteiger charge is -2.48. The Morgan fingerprint density at radius 2 is 1.76 bits per heavy atom. The highest BCUT2D eigenvalue weighted by Crippen LogP contribution is 2.33. The van der Waals surface area contributed by atoms with Crippen LogP contribution >= 0.6 is 0 Å². The zero-order valence-corrected chi connectivity index (χ0v) is 13.1. The first kappa shape index (κ1) is 17.8. The maximum Gasteiger partial charge on any atom is 0.390 e. The first-order chi connectivity index (χ1) is 9.32. The van der Waals surface area contributed by atoms with Gasteiger partial charge in [-0.05, 0) is 18.8 Å². The molecule has 2 unspecified atom stereocenters. The predicted octanol–water partition coefficient (Wildman–Crippen LogP) is 2.48. The quantitative estimate of drug-likeness (QED) is 0.871. The van der Waals surface area contributed by atoms with Crippen molar-refractivity contribution in [2.45, 2.75) is 65.2 Å². The third kappa shape index (κ3) is 3.89. The zero-order valence-electron chi connectivity index (χ0n) is 13.1. The van der Waals surface area contributed by atoms with Gasteiger partial charge in [-0.3, -0.25) is 9.59 Å². The molecule has 7 heteroatoms. The van der Waals surface area contributed by atoms with Crippen LogP contribution in [0.25, 0.3) is 0 Å². The topological polar surface area (TPSA) is 49.4 Å². The summed E-state index contributed by atoms with van der Waals surface area (Å²) in [7, 11) is 0. The molecule has 0 aromatic carbocycles. The summed E-state index contributed by atoms with van der Waals surface area (Å²) < 4.78 is 37.5. The van der Waals surface area contributed by atoms with Gasteiger partial charge in [-0.1, -0.05) is 27.7 Å². The summed E-state index contributed by atoms with van der Waals surface area (Å²) in [6, 6.07) is -0.896. The molecule has 2 atom stereocenters. The summed E-state index contributed by atoms with van der Waals surface area (Å²) in [5.41, 5.74) is -1.77. The van der Waals surface area contributed by atoms with Crippen molar-refractivity contribution in [3.05, 3.63) is 0 Å². The lowest BCUT2D eigenvalue weighted by atomic mass is 9.80. The van der Waals surface area contributed by atoms with Crippen molar-refractivity contribution in [3.8, 4) is 0 Å². The molecule has 0 aliphatic carbocycles. The molecule has 21 heavy (non-hydrogen) atoms. The van der Waals surface area contributed by atoms with Crippen molar-refractivity contribution in [1.29, 1.82) is 0 Å². The van der Waals surface area contributed by atoms with Crippen LogP contribution in [0.4, 0.5) is 13.2 Å². The molecule has 1 heterocycles. The Bertz CT molecular complexity index is 429. The second-order valence-corrected chi connectivity index (χ2v) is 6.81. The van der Waals surface area contributed by atoms with E-state index >= 15 is 0 Å². The Labute approximate surface area is 123 Å². The van der Waals surface area contributed by atoms with Gasteiger partial charge in [-0.15, -0.1) is 0 Å². The molecule has 4 nitrogen and oxygen atoms in total. The third-order valence-corrected chi connectivity index (χ3v) is 3.86. The van der Waals surface area contributed by atoms with Crippen molar-refractivity contribution in [3.63, 3.8) is 0 Å². The smallest absolute Gasteiger partial charge is 0.340 e. The van der Waals surface area contributed by atoms with Crippen LogP contribution in [-0.2, 0) is 9.59 Å². The van der Waals surface area contributed by atoms with Gasteiger partial charge in [0.15, 0.2) is 0 Å². The van der Waals surface area contributed by atoms with E-state index in [-0.39, 0.29) is 0 Å². The Kier molecular flexibility index (Phi) is 4.65. The fraction of sp³-hybridized carbons (Fsp3) is 0.857. The Morgan fingerprint density at radius 3 is 2.14 bits per heavy atom. The molecule has 0 radical (unpaired) electrons. The number of piperazine rings is 1. The minimum absolute atomic E-state index is 0.330. The second kappa shape index (κ2) is 5.50. The number of alkyl halides is 3. The molecular weight excluding hydrogens is 285 g/mol. The van der Waals surface area contributed by atoms with Crippen LogP contribution in [0.2, 0.25) is 0 Å².